The van der Waals surface area contributed by atoms with Crippen LogP contribution in [0.2, 0.25) is 0 Å². The number of aromatic nitrogens is 1. The zero-order chi connectivity index (χ0) is 10.5. The van der Waals surface area contributed by atoms with E-state index in [9.17, 15) is 5.11 Å². The number of hydrogen-bond donors (Lipinski definition) is 2. The van der Waals surface area contributed by atoms with Crippen molar-refractivity contribution in [2.75, 3.05) is 18.8 Å². The Bertz CT molecular complexity index is 380. The van der Waals surface area contributed by atoms with Crippen LogP contribution < -0.4 is 5.73 Å². The number of nitrogens with zero attached hydrogens (tertiary/aromatic N) is 2. The molecule has 3 rings (SSSR count). The lowest BCUT2D eigenvalue weighted by molar-refractivity contribution is 0.0126. The summed E-state index contributed by atoms with van der Waals surface area (Å²) >= 11 is 1.42. The van der Waals surface area contributed by atoms with Crippen LogP contribution in [0.15, 0.2) is 6.20 Å². The van der Waals surface area contributed by atoms with Crippen LogP contribution in [0.1, 0.15) is 24.1 Å². The average molecular weight is 225 g/mol. The van der Waals surface area contributed by atoms with E-state index in [4.69, 9.17) is 5.73 Å². The Kier molecular flexibility index (Phi) is 2.02. The maximum absolute atomic E-state index is 10.7. The van der Waals surface area contributed by atoms with Crippen molar-refractivity contribution in [1.82, 2.24) is 9.88 Å². The Morgan fingerprint density at radius 2 is 2.47 bits per heavy atom. The zero-order valence-corrected chi connectivity index (χ0v) is 9.33. The van der Waals surface area contributed by atoms with Crippen LogP contribution in [0, 0.1) is 0 Å². The van der Waals surface area contributed by atoms with Gasteiger partial charge in [-0.15, -0.1) is 0 Å². The number of rotatable bonds is 1. The van der Waals surface area contributed by atoms with Crippen molar-refractivity contribution in [1.29, 1.82) is 0 Å². The molecule has 3 N–H and O–H groups in total. The minimum absolute atomic E-state index is 0.289. The van der Waals surface area contributed by atoms with Gasteiger partial charge in [-0.1, -0.05) is 11.3 Å². The summed E-state index contributed by atoms with van der Waals surface area (Å²) in [6.45, 7) is 2.13. The van der Waals surface area contributed by atoms with Crippen LogP contribution in [0.3, 0.4) is 0 Å². The molecule has 0 aromatic carbocycles. The third-order valence-electron chi connectivity index (χ3n) is 3.65. The van der Waals surface area contributed by atoms with Gasteiger partial charge in [0.15, 0.2) is 5.13 Å². The van der Waals surface area contributed by atoms with Crippen LogP contribution in [-0.2, 0) is 5.60 Å². The third kappa shape index (κ3) is 1.30. The molecule has 4 nitrogen and oxygen atoms in total. The van der Waals surface area contributed by atoms with Crippen LogP contribution in [0.4, 0.5) is 5.13 Å². The molecule has 0 spiro atoms. The molecule has 0 bridgehead atoms. The van der Waals surface area contributed by atoms with Gasteiger partial charge in [0.1, 0.15) is 5.60 Å². The van der Waals surface area contributed by atoms with E-state index in [1.54, 1.807) is 6.20 Å². The highest BCUT2D eigenvalue weighted by atomic mass is 32.1. The fourth-order valence-corrected chi connectivity index (χ4v) is 3.74. The maximum Gasteiger partial charge on any atom is 0.180 e. The molecule has 3 heterocycles. The van der Waals surface area contributed by atoms with E-state index < -0.39 is 5.60 Å². The second kappa shape index (κ2) is 3.17. The summed E-state index contributed by atoms with van der Waals surface area (Å²) in [6.07, 6.45) is 4.84. The topological polar surface area (TPSA) is 62.4 Å². The number of aliphatic hydroxyl groups is 1. The smallest absolute Gasteiger partial charge is 0.180 e. The maximum atomic E-state index is 10.7. The van der Waals surface area contributed by atoms with Gasteiger partial charge in [-0.2, -0.15) is 0 Å². The average Bonchev–Trinajstić information content (AvgIpc) is 2.85. The summed E-state index contributed by atoms with van der Waals surface area (Å²) in [7, 11) is 0. The van der Waals surface area contributed by atoms with E-state index >= 15 is 0 Å². The second-order valence-corrected chi connectivity index (χ2v) is 5.49. The number of thiazole rings is 1. The summed E-state index contributed by atoms with van der Waals surface area (Å²) in [5.74, 6) is 0. The molecule has 2 atom stereocenters. The largest absolute Gasteiger partial charge is 0.383 e. The molecule has 2 fully saturated rings. The molecule has 0 saturated carbocycles. The van der Waals surface area contributed by atoms with Gasteiger partial charge in [0.05, 0.1) is 4.88 Å². The summed E-state index contributed by atoms with van der Waals surface area (Å²) in [4.78, 5) is 7.36. The normalized spacial score (nSPS) is 35.9. The first-order valence-electron chi connectivity index (χ1n) is 5.38. The van der Waals surface area contributed by atoms with Crippen molar-refractivity contribution in [3.63, 3.8) is 0 Å². The highest BCUT2D eigenvalue weighted by Crippen LogP contribution is 2.44. The predicted molar refractivity (Wildman–Crippen MR) is 59.6 cm³/mol. The molecule has 2 saturated heterocycles. The van der Waals surface area contributed by atoms with E-state index in [1.807, 2.05) is 0 Å². The van der Waals surface area contributed by atoms with E-state index in [-0.39, 0.29) is 6.04 Å². The molecular formula is C10H15N3OS. The molecule has 2 unspecified atom stereocenters. The minimum Gasteiger partial charge on any atom is -0.383 e. The fourth-order valence-electron chi connectivity index (χ4n) is 2.89. The molecule has 1 aromatic heterocycles. The lowest BCUT2D eigenvalue weighted by atomic mass is 9.92. The van der Waals surface area contributed by atoms with E-state index in [1.165, 1.54) is 17.8 Å². The van der Waals surface area contributed by atoms with Gasteiger partial charge >= 0.3 is 0 Å². The van der Waals surface area contributed by atoms with Gasteiger partial charge in [-0.05, 0) is 25.8 Å². The molecular weight excluding hydrogens is 210 g/mol. The standard InChI is InChI=1S/C10H15N3OS/c11-9-12-6-8(15-9)10(14)3-5-13-4-1-2-7(10)13/h6-7,14H,1-5H2,(H2,11,12). The SMILES string of the molecule is Nc1ncc(C2(O)CCN3CCCC32)s1. The Morgan fingerprint density at radius 3 is 3.20 bits per heavy atom. The number of hydrogen-bond acceptors (Lipinski definition) is 5. The van der Waals surface area contributed by atoms with Crippen molar-refractivity contribution >= 4 is 16.5 Å². The molecule has 0 amide bonds. The molecule has 0 aliphatic carbocycles. The van der Waals surface area contributed by atoms with Crippen LogP contribution in [0.25, 0.3) is 0 Å². The quantitative estimate of drug-likeness (QED) is 0.741. The third-order valence-corrected chi connectivity index (χ3v) is 4.64. The number of nitrogens with two attached hydrogens (primary N) is 1. The summed E-state index contributed by atoms with van der Waals surface area (Å²) in [6, 6.07) is 0.289. The van der Waals surface area contributed by atoms with E-state index in [2.05, 4.69) is 9.88 Å². The summed E-state index contributed by atoms with van der Waals surface area (Å²) in [5, 5.41) is 11.3. The van der Waals surface area contributed by atoms with Gasteiger partial charge < -0.3 is 10.8 Å². The minimum atomic E-state index is -0.689. The Balaban J connectivity index is 1.96. The number of anilines is 1. The first-order chi connectivity index (χ1) is 7.20. The van der Waals surface area contributed by atoms with Gasteiger partial charge in [-0.3, -0.25) is 4.90 Å². The van der Waals surface area contributed by atoms with Gasteiger partial charge in [-0.25, -0.2) is 4.98 Å². The highest BCUT2D eigenvalue weighted by molar-refractivity contribution is 7.15. The molecule has 15 heavy (non-hydrogen) atoms. The lowest BCUT2D eigenvalue weighted by Crippen LogP contribution is -2.38. The number of nitrogen functional groups attached to an aromatic ring is 1. The first-order valence-corrected chi connectivity index (χ1v) is 6.20. The molecule has 2 aliphatic heterocycles. The van der Waals surface area contributed by atoms with Crippen molar-refractivity contribution in [3.8, 4) is 0 Å². The molecule has 5 heteroatoms. The molecule has 1 aromatic rings. The zero-order valence-electron chi connectivity index (χ0n) is 8.52. The van der Waals surface area contributed by atoms with Gasteiger partial charge in [0, 0.05) is 18.8 Å². The second-order valence-electron chi connectivity index (χ2n) is 4.43. The van der Waals surface area contributed by atoms with Crippen LogP contribution in [0.5, 0.6) is 0 Å². The Morgan fingerprint density at radius 1 is 1.60 bits per heavy atom. The van der Waals surface area contributed by atoms with Crippen molar-refractivity contribution in [2.45, 2.75) is 30.9 Å². The molecule has 82 valence electrons. The lowest BCUT2D eigenvalue weighted by Gasteiger charge is -2.28. The van der Waals surface area contributed by atoms with Gasteiger partial charge in [0.25, 0.3) is 0 Å². The van der Waals surface area contributed by atoms with Crippen molar-refractivity contribution in [3.05, 3.63) is 11.1 Å². The highest BCUT2D eigenvalue weighted by Gasteiger charge is 2.49. The monoisotopic (exact) mass is 225 g/mol. The Hall–Kier alpha value is -0.650. The fraction of sp³-hybridized carbons (Fsp3) is 0.700. The Labute approximate surface area is 92.7 Å². The molecule has 0 radical (unpaired) electrons. The van der Waals surface area contributed by atoms with Crippen molar-refractivity contribution < 1.29 is 5.11 Å². The number of fused-ring (bicyclic) bond motifs is 1. The van der Waals surface area contributed by atoms with Gasteiger partial charge in [0.2, 0.25) is 0 Å². The van der Waals surface area contributed by atoms with Crippen molar-refractivity contribution in [2.24, 2.45) is 0 Å². The van der Waals surface area contributed by atoms with E-state index in [0.717, 1.165) is 30.8 Å². The van der Waals surface area contributed by atoms with Crippen LogP contribution >= 0.6 is 11.3 Å². The van der Waals surface area contributed by atoms with E-state index in [0.29, 0.717) is 5.13 Å². The summed E-state index contributed by atoms with van der Waals surface area (Å²) < 4.78 is 0. The summed E-state index contributed by atoms with van der Waals surface area (Å²) in [5.41, 5.74) is 4.94. The van der Waals surface area contributed by atoms with Crippen LogP contribution in [-0.4, -0.2) is 34.1 Å². The predicted octanol–water partition coefficient (Wildman–Crippen LogP) is 0.781. The first kappa shape index (κ1) is 9.57. The molecule has 2 aliphatic rings.